The summed E-state index contributed by atoms with van der Waals surface area (Å²) < 4.78 is 21.7. The fraction of sp³-hybridized carbons (Fsp3) is 0.842. The minimum atomic E-state index is -1.59. The molecule has 0 radical (unpaired) electrons. The molecule has 0 amide bonds. The molecule has 0 bridgehead atoms. The first-order chi connectivity index (χ1) is 23.3. The van der Waals surface area contributed by atoms with Crippen molar-refractivity contribution < 1.29 is 49.0 Å². The number of unbranched alkanes of at least 4 members (excludes halogenated alkanes) is 15. The smallest absolute Gasteiger partial charge is 0.306 e. The van der Waals surface area contributed by atoms with Gasteiger partial charge in [-0.25, -0.2) is 0 Å². The topological polar surface area (TPSA) is 152 Å². The summed E-state index contributed by atoms with van der Waals surface area (Å²) in [4.78, 5) is 24.6. The number of carbonyl (C=O) groups excluding carboxylic acids is 2. The van der Waals surface area contributed by atoms with Crippen LogP contribution >= 0.6 is 0 Å². The molecule has 10 nitrogen and oxygen atoms in total. The lowest BCUT2D eigenvalue weighted by Gasteiger charge is -2.39. The van der Waals surface area contributed by atoms with Crippen molar-refractivity contribution in [3.05, 3.63) is 24.3 Å². The van der Waals surface area contributed by atoms with Crippen LogP contribution in [0.4, 0.5) is 0 Å². The van der Waals surface area contributed by atoms with Crippen LogP contribution in [0.1, 0.15) is 149 Å². The number of aliphatic hydroxyl groups is 4. The van der Waals surface area contributed by atoms with Gasteiger partial charge in [-0.3, -0.25) is 9.59 Å². The van der Waals surface area contributed by atoms with Crippen molar-refractivity contribution in [2.75, 3.05) is 19.8 Å². The average Bonchev–Trinajstić information content (AvgIpc) is 3.08. The summed E-state index contributed by atoms with van der Waals surface area (Å²) in [7, 11) is 0. The Kier molecular flexibility index (Phi) is 27.7. The van der Waals surface area contributed by atoms with Crippen LogP contribution in [0.15, 0.2) is 24.3 Å². The molecule has 0 aromatic carbocycles. The molecular formula is C38H68O10. The largest absolute Gasteiger partial charge is 0.462 e. The van der Waals surface area contributed by atoms with E-state index in [-0.39, 0.29) is 26.1 Å². The highest BCUT2D eigenvalue weighted by Gasteiger charge is 2.44. The van der Waals surface area contributed by atoms with Gasteiger partial charge in [-0.15, -0.1) is 0 Å². The molecule has 4 N–H and O–H groups in total. The Morgan fingerprint density at radius 1 is 0.646 bits per heavy atom. The Labute approximate surface area is 290 Å². The fourth-order valence-electron chi connectivity index (χ4n) is 5.49. The number of hydrogen-bond acceptors (Lipinski definition) is 10. The summed E-state index contributed by atoms with van der Waals surface area (Å²) in [6.07, 6.45) is 23.2. The lowest BCUT2D eigenvalue weighted by atomic mass is 9.99. The van der Waals surface area contributed by atoms with Crippen LogP contribution in [0.5, 0.6) is 0 Å². The van der Waals surface area contributed by atoms with Gasteiger partial charge >= 0.3 is 11.9 Å². The molecule has 1 rings (SSSR count). The molecule has 280 valence electrons. The van der Waals surface area contributed by atoms with E-state index in [1.165, 1.54) is 70.6 Å². The zero-order valence-corrected chi connectivity index (χ0v) is 30.0. The maximum absolute atomic E-state index is 12.6. The van der Waals surface area contributed by atoms with Gasteiger partial charge in [-0.2, -0.15) is 0 Å². The Hall–Kier alpha value is -1.82. The number of esters is 2. The van der Waals surface area contributed by atoms with Crippen LogP contribution in [0.2, 0.25) is 0 Å². The van der Waals surface area contributed by atoms with Gasteiger partial charge in [0.15, 0.2) is 12.4 Å². The molecule has 0 aliphatic carbocycles. The molecule has 48 heavy (non-hydrogen) atoms. The third-order valence-corrected chi connectivity index (χ3v) is 8.59. The summed E-state index contributed by atoms with van der Waals surface area (Å²) >= 11 is 0. The van der Waals surface area contributed by atoms with Crippen LogP contribution in [-0.2, 0) is 28.5 Å². The van der Waals surface area contributed by atoms with E-state index in [0.717, 1.165) is 38.5 Å². The van der Waals surface area contributed by atoms with Gasteiger partial charge in [0, 0.05) is 12.8 Å². The molecule has 6 atom stereocenters. The Morgan fingerprint density at radius 3 is 1.77 bits per heavy atom. The molecule has 10 heteroatoms. The number of ether oxygens (including phenoxy) is 4. The lowest BCUT2D eigenvalue weighted by molar-refractivity contribution is -0.305. The average molecular weight is 685 g/mol. The van der Waals surface area contributed by atoms with Crippen molar-refractivity contribution in [3.8, 4) is 0 Å². The van der Waals surface area contributed by atoms with E-state index >= 15 is 0 Å². The number of hydrogen-bond donors (Lipinski definition) is 4. The van der Waals surface area contributed by atoms with Crippen molar-refractivity contribution in [1.29, 1.82) is 0 Å². The molecule has 1 aliphatic rings. The first-order valence-corrected chi connectivity index (χ1v) is 18.9. The predicted octanol–water partition coefficient (Wildman–Crippen LogP) is 6.60. The second kappa shape index (κ2) is 30.0. The van der Waals surface area contributed by atoms with Gasteiger partial charge in [-0.05, 0) is 44.9 Å². The SMILES string of the molecule is CCCCCCC/C=C\C/C=C\CCCCCCCCCCCC(=O)OC(COC(=O)CCCC)COC1OC(CO)C(O)C(O)C1O. The van der Waals surface area contributed by atoms with E-state index in [9.17, 15) is 30.0 Å². The van der Waals surface area contributed by atoms with Gasteiger partial charge in [0.2, 0.25) is 0 Å². The highest BCUT2D eigenvalue weighted by Crippen LogP contribution is 2.22. The molecule has 0 spiro atoms. The van der Waals surface area contributed by atoms with Crippen molar-refractivity contribution in [3.63, 3.8) is 0 Å². The minimum absolute atomic E-state index is 0.224. The van der Waals surface area contributed by atoms with Crippen LogP contribution in [0.25, 0.3) is 0 Å². The molecule has 0 aromatic heterocycles. The first kappa shape index (κ1) is 44.2. The monoisotopic (exact) mass is 684 g/mol. The molecule has 6 unspecified atom stereocenters. The summed E-state index contributed by atoms with van der Waals surface area (Å²) in [6.45, 7) is 3.13. The third kappa shape index (κ3) is 22.0. The van der Waals surface area contributed by atoms with Crippen molar-refractivity contribution >= 4 is 11.9 Å². The fourth-order valence-corrected chi connectivity index (χ4v) is 5.49. The van der Waals surface area contributed by atoms with Gasteiger partial charge in [0.05, 0.1) is 13.2 Å². The Bertz CT molecular complexity index is 845. The van der Waals surface area contributed by atoms with E-state index in [0.29, 0.717) is 12.8 Å². The Balaban J connectivity index is 2.19. The van der Waals surface area contributed by atoms with Crippen LogP contribution in [-0.4, -0.2) is 89.0 Å². The van der Waals surface area contributed by atoms with Crippen molar-refractivity contribution in [2.45, 2.75) is 185 Å². The zero-order valence-electron chi connectivity index (χ0n) is 30.0. The van der Waals surface area contributed by atoms with Crippen LogP contribution in [0, 0.1) is 0 Å². The molecule has 1 fully saturated rings. The van der Waals surface area contributed by atoms with Gasteiger partial charge in [-0.1, -0.05) is 115 Å². The first-order valence-electron chi connectivity index (χ1n) is 18.9. The molecule has 1 aliphatic heterocycles. The Morgan fingerprint density at radius 2 is 1.19 bits per heavy atom. The van der Waals surface area contributed by atoms with E-state index in [2.05, 4.69) is 31.2 Å². The summed E-state index contributed by atoms with van der Waals surface area (Å²) in [5.74, 6) is -0.852. The summed E-state index contributed by atoms with van der Waals surface area (Å²) in [5.41, 5.74) is 0. The van der Waals surface area contributed by atoms with Crippen molar-refractivity contribution in [1.82, 2.24) is 0 Å². The highest BCUT2D eigenvalue weighted by molar-refractivity contribution is 5.70. The van der Waals surface area contributed by atoms with E-state index in [1.807, 2.05) is 6.92 Å². The van der Waals surface area contributed by atoms with Gasteiger partial charge < -0.3 is 39.4 Å². The quantitative estimate of drug-likeness (QED) is 0.0370. The summed E-state index contributed by atoms with van der Waals surface area (Å²) in [5, 5.41) is 39.6. The van der Waals surface area contributed by atoms with Gasteiger partial charge in [0.25, 0.3) is 0 Å². The van der Waals surface area contributed by atoms with E-state index in [1.54, 1.807) is 0 Å². The predicted molar refractivity (Wildman–Crippen MR) is 187 cm³/mol. The number of aliphatic hydroxyl groups excluding tert-OH is 4. The maximum Gasteiger partial charge on any atom is 0.306 e. The standard InChI is InChI=1S/C38H68O10/c1-3-5-7-8-9-10-11-12-13-14-15-16-17-18-19-20-21-22-23-24-25-27-34(41)47-31(29-45-33(40)26-6-4-2)30-46-38-37(44)36(43)35(42)32(28-39)48-38/h11-12,14-15,31-32,35-39,42-44H,3-10,13,16-30H2,1-2H3/b12-11-,15-14-. The second-order valence-corrected chi connectivity index (χ2v) is 13.0. The lowest BCUT2D eigenvalue weighted by Crippen LogP contribution is -2.59. The molecule has 0 aromatic rings. The van der Waals surface area contributed by atoms with E-state index in [4.69, 9.17) is 18.9 Å². The van der Waals surface area contributed by atoms with Crippen molar-refractivity contribution in [2.24, 2.45) is 0 Å². The maximum atomic E-state index is 12.6. The molecule has 0 saturated carbocycles. The molecular weight excluding hydrogens is 616 g/mol. The normalized spacial score (nSPS) is 22.0. The number of allylic oxidation sites excluding steroid dienone is 4. The molecule has 1 heterocycles. The highest BCUT2D eigenvalue weighted by atomic mass is 16.7. The zero-order chi connectivity index (χ0) is 35.2. The van der Waals surface area contributed by atoms with Crippen LogP contribution in [0.3, 0.4) is 0 Å². The number of carbonyl (C=O) groups is 2. The van der Waals surface area contributed by atoms with Crippen LogP contribution < -0.4 is 0 Å². The van der Waals surface area contributed by atoms with Gasteiger partial charge in [0.1, 0.15) is 31.0 Å². The molecule has 1 saturated heterocycles. The second-order valence-electron chi connectivity index (χ2n) is 13.0. The number of rotatable bonds is 30. The van der Waals surface area contributed by atoms with E-state index < -0.39 is 55.4 Å². The minimum Gasteiger partial charge on any atom is -0.462 e. The third-order valence-electron chi connectivity index (χ3n) is 8.59. The summed E-state index contributed by atoms with van der Waals surface area (Å²) in [6, 6.07) is 0.